The summed E-state index contributed by atoms with van der Waals surface area (Å²) in [6.07, 6.45) is 1.44. The number of amides is 1. The zero-order chi connectivity index (χ0) is 12.1. The molecule has 0 bridgehead atoms. The molecular formula is C11H17N3O2. The Hall–Kier alpha value is -1.62. The maximum Gasteiger partial charge on any atom is 0.270 e. The van der Waals surface area contributed by atoms with Crippen molar-refractivity contribution in [3.8, 4) is 0 Å². The Balaban J connectivity index is 2.62. The van der Waals surface area contributed by atoms with Crippen LogP contribution in [-0.4, -0.2) is 28.6 Å². The minimum absolute atomic E-state index is 0.0118. The minimum atomic E-state index is -0.257. The average Bonchev–Trinajstić information content (AvgIpc) is 2.28. The summed E-state index contributed by atoms with van der Waals surface area (Å²) >= 11 is 0. The largest absolute Gasteiger partial charge is 0.397 e. The van der Waals surface area contributed by atoms with Gasteiger partial charge in [-0.15, -0.1) is 0 Å². The lowest BCUT2D eigenvalue weighted by molar-refractivity contribution is 0.0911. The second-order valence-corrected chi connectivity index (χ2v) is 3.90. The fourth-order valence-corrected chi connectivity index (χ4v) is 1.12. The molecule has 88 valence electrons. The highest BCUT2D eigenvalue weighted by Gasteiger charge is 2.15. The fraction of sp³-hybridized carbons (Fsp3) is 0.455. The first kappa shape index (κ1) is 12.4. The molecule has 1 rings (SSSR count). The van der Waals surface area contributed by atoms with Gasteiger partial charge in [0.05, 0.1) is 11.9 Å². The number of carbonyl (C=O) groups excluding carboxylic acids is 1. The predicted molar refractivity (Wildman–Crippen MR) is 61.8 cm³/mol. The van der Waals surface area contributed by atoms with Crippen LogP contribution < -0.4 is 11.1 Å². The van der Waals surface area contributed by atoms with Gasteiger partial charge in [0.1, 0.15) is 5.69 Å². The molecule has 5 heteroatoms. The Morgan fingerprint density at radius 2 is 2.25 bits per heavy atom. The first-order valence-corrected chi connectivity index (χ1v) is 5.18. The molecule has 4 N–H and O–H groups in total. The topological polar surface area (TPSA) is 88.2 Å². The minimum Gasteiger partial charge on any atom is -0.397 e. The van der Waals surface area contributed by atoms with Crippen LogP contribution in [0.25, 0.3) is 0 Å². The number of nitrogen functional groups attached to an aromatic ring is 1. The monoisotopic (exact) mass is 223 g/mol. The smallest absolute Gasteiger partial charge is 0.270 e. The number of aliphatic hydroxyl groups is 1. The first-order valence-electron chi connectivity index (χ1n) is 5.18. The molecule has 0 aromatic carbocycles. The summed E-state index contributed by atoms with van der Waals surface area (Å²) in [6.45, 7) is 3.74. The third-order valence-electron chi connectivity index (χ3n) is 2.52. The third kappa shape index (κ3) is 3.20. The Bertz CT molecular complexity index is 351. The maximum absolute atomic E-state index is 11.7. The van der Waals surface area contributed by atoms with E-state index < -0.39 is 0 Å². The zero-order valence-corrected chi connectivity index (χ0v) is 9.47. The molecule has 16 heavy (non-hydrogen) atoms. The quantitative estimate of drug-likeness (QED) is 0.690. The highest BCUT2D eigenvalue weighted by atomic mass is 16.3. The first-order chi connectivity index (χ1) is 7.54. The van der Waals surface area contributed by atoms with Gasteiger partial charge in [0.2, 0.25) is 0 Å². The molecule has 1 amide bonds. The number of nitrogens with zero attached hydrogens (tertiary/aromatic N) is 1. The lowest BCUT2D eigenvalue weighted by atomic mass is 10.1. The van der Waals surface area contributed by atoms with Crippen molar-refractivity contribution in [1.82, 2.24) is 10.3 Å². The normalized spacial score (nSPS) is 14.2. The second-order valence-electron chi connectivity index (χ2n) is 3.90. The van der Waals surface area contributed by atoms with Crippen LogP contribution in [0.4, 0.5) is 5.69 Å². The van der Waals surface area contributed by atoms with Crippen LogP contribution in [0.2, 0.25) is 0 Å². The number of aromatic nitrogens is 1. The lowest BCUT2D eigenvalue weighted by Gasteiger charge is -2.18. The number of hydrogen-bond donors (Lipinski definition) is 3. The molecule has 0 aliphatic carbocycles. The van der Waals surface area contributed by atoms with Crippen LogP contribution >= 0.6 is 0 Å². The van der Waals surface area contributed by atoms with E-state index in [1.54, 1.807) is 12.1 Å². The summed E-state index contributed by atoms with van der Waals surface area (Å²) in [6, 6.07) is 3.10. The molecule has 0 spiro atoms. The van der Waals surface area contributed by atoms with Gasteiger partial charge in [-0.05, 0) is 25.0 Å². The van der Waals surface area contributed by atoms with Gasteiger partial charge < -0.3 is 16.2 Å². The van der Waals surface area contributed by atoms with E-state index in [-0.39, 0.29) is 24.5 Å². The van der Waals surface area contributed by atoms with E-state index in [0.29, 0.717) is 11.4 Å². The van der Waals surface area contributed by atoms with Crippen molar-refractivity contribution in [2.75, 3.05) is 12.3 Å². The van der Waals surface area contributed by atoms with Gasteiger partial charge >= 0.3 is 0 Å². The Kier molecular flexibility index (Phi) is 4.25. The van der Waals surface area contributed by atoms with E-state index in [1.807, 2.05) is 13.8 Å². The van der Waals surface area contributed by atoms with Crippen molar-refractivity contribution in [2.45, 2.75) is 19.9 Å². The highest BCUT2D eigenvalue weighted by molar-refractivity contribution is 5.92. The lowest BCUT2D eigenvalue weighted by Crippen LogP contribution is -2.38. The molecule has 2 unspecified atom stereocenters. The van der Waals surface area contributed by atoms with Gasteiger partial charge in [0, 0.05) is 12.6 Å². The zero-order valence-electron chi connectivity index (χ0n) is 9.47. The van der Waals surface area contributed by atoms with Crippen molar-refractivity contribution < 1.29 is 9.90 Å². The Morgan fingerprint density at radius 1 is 1.56 bits per heavy atom. The molecule has 0 saturated heterocycles. The molecule has 0 radical (unpaired) electrons. The van der Waals surface area contributed by atoms with E-state index in [0.717, 1.165) is 0 Å². The van der Waals surface area contributed by atoms with Gasteiger partial charge in [-0.3, -0.25) is 4.79 Å². The molecule has 5 nitrogen and oxygen atoms in total. The van der Waals surface area contributed by atoms with E-state index in [1.165, 1.54) is 6.20 Å². The van der Waals surface area contributed by atoms with Crippen LogP contribution in [0.1, 0.15) is 24.3 Å². The van der Waals surface area contributed by atoms with E-state index >= 15 is 0 Å². The SMILES string of the molecule is CC(CO)C(C)NC(=O)c1ccc(N)cn1. The van der Waals surface area contributed by atoms with Gasteiger partial charge in [0.15, 0.2) is 0 Å². The second kappa shape index (κ2) is 5.46. The van der Waals surface area contributed by atoms with Crippen molar-refractivity contribution in [3.63, 3.8) is 0 Å². The van der Waals surface area contributed by atoms with Crippen LogP contribution in [-0.2, 0) is 0 Å². The third-order valence-corrected chi connectivity index (χ3v) is 2.52. The van der Waals surface area contributed by atoms with E-state index in [4.69, 9.17) is 10.8 Å². The summed E-state index contributed by atoms with van der Waals surface area (Å²) in [5.74, 6) is -0.245. The molecule has 0 aliphatic heterocycles. The number of hydrogen-bond acceptors (Lipinski definition) is 4. The van der Waals surface area contributed by atoms with Crippen LogP contribution in [0.3, 0.4) is 0 Å². The molecule has 1 aromatic rings. The van der Waals surface area contributed by atoms with Gasteiger partial charge in [-0.2, -0.15) is 0 Å². The highest BCUT2D eigenvalue weighted by Crippen LogP contribution is 2.04. The summed E-state index contributed by atoms with van der Waals surface area (Å²) in [5.41, 5.74) is 6.32. The number of pyridine rings is 1. The molecule has 2 atom stereocenters. The molecule has 1 aromatic heterocycles. The summed E-state index contributed by atoms with van der Waals surface area (Å²) in [4.78, 5) is 15.6. The molecule has 0 fully saturated rings. The van der Waals surface area contributed by atoms with Crippen molar-refractivity contribution >= 4 is 11.6 Å². The van der Waals surface area contributed by atoms with Crippen molar-refractivity contribution in [2.24, 2.45) is 5.92 Å². The Labute approximate surface area is 94.7 Å². The number of anilines is 1. The number of aliphatic hydroxyl groups excluding tert-OH is 1. The summed E-state index contributed by atoms with van der Waals surface area (Å²) < 4.78 is 0. The van der Waals surface area contributed by atoms with Gasteiger partial charge in [-0.1, -0.05) is 6.92 Å². The average molecular weight is 223 g/mol. The van der Waals surface area contributed by atoms with Crippen LogP contribution in [0.15, 0.2) is 18.3 Å². The number of nitrogens with one attached hydrogen (secondary N) is 1. The van der Waals surface area contributed by atoms with Gasteiger partial charge in [0.25, 0.3) is 5.91 Å². The number of nitrogens with two attached hydrogens (primary N) is 1. The summed E-state index contributed by atoms with van der Waals surface area (Å²) in [5, 5.41) is 11.7. The molecule has 0 aliphatic rings. The molecular weight excluding hydrogens is 206 g/mol. The fourth-order valence-electron chi connectivity index (χ4n) is 1.12. The van der Waals surface area contributed by atoms with E-state index in [9.17, 15) is 4.79 Å². The maximum atomic E-state index is 11.7. The van der Waals surface area contributed by atoms with E-state index in [2.05, 4.69) is 10.3 Å². The number of carbonyl (C=O) groups is 1. The molecule has 1 heterocycles. The van der Waals surface area contributed by atoms with Crippen molar-refractivity contribution in [1.29, 1.82) is 0 Å². The predicted octanol–water partition coefficient (Wildman–Crippen LogP) is 0.411. The van der Waals surface area contributed by atoms with Crippen LogP contribution in [0, 0.1) is 5.92 Å². The summed E-state index contributed by atoms with van der Waals surface area (Å²) in [7, 11) is 0. The number of rotatable bonds is 4. The standard InChI is InChI=1S/C11H17N3O2/c1-7(6-15)8(2)14-11(16)10-4-3-9(12)5-13-10/h3-5,7-8,15H,6,12H2,1-2H3,(H,14,16). The molecule has 0 saturated carbocycles. The van der Waals surface area contributed by atoms with Crippen LogP contribution in [0.5, 0.6) is 0 Å². The van der Waals surface area contributed by atoms with Gasteiger partial charge in [-0.25, -0.2) is 4.98 Å². The Morgan fingerprint density at radius 3 is 2.75 bits per heavy atom. The van der Waals surface area contributed by atoms with Crippen molar-refractivity contribution in [3.05, 3.63) is 24.0 Å².